The Labute approximate surface area is 119 Å². The molecule has 1 N–H and O–H groups in total. The van der Waals surface area contributed by atoms with E-state index < -0.39 is 0 Å². The van der Waals surface area contributed by atoms with E-state index in [1.807, 2.05) is 12.1 Å². The first-order valence-corrected chi connectivity index (χ1v) is 7.33. The van der Waals surface area contributed by atoms with Crippen molar-refractivity contribution in [3.05, 3.63) is 29.8 Å². The van der Waals surface area contributed by atoms with Gasteiger partial charge >= 0.3 is 0 Å². The minimum atomic E-state index is -0.114. The summed E-state index contributed by atoms with van der Waals surface area (Å²) in [5.74, 6) is 0.758. The average molecular weight is 272 g/mol. The Bertz CT molecular complexity index is 497. The van der Waals surface area contributed by atoms with Crippen LogP contribution in [0.25, 0.3) is 0 Å². The molecule has 0 amide bonds. The minimum absolute atomic E-state index is 0.114. The van der Waals surface area contributed by atoms with Crippen molar-refractivity contribution in [1.82, 2.24) is 4.90 Å². The molecule has 2 atom stereocenters. The Hall–Kier alpha value is -1.57. The molecule has 2 fully saturated rings. The van der Waals surface area contributed by atoms with Crippen molar-refractivity contribution >= 4 is 0 Å². The molecular weight excluding hydrogens is 252 g/mol. The summed E-state index contributed by atoms with van der Waals surface area (Å²) in [6.45, 7) is 1.54. The summed E-state index contributed by atoms with van der Waals surface area (Å²) in [6.07, 6.45) is 4.09. The van der Waals surface area contributed by atoms with Crippen molar-refractivity contribution in [1.29, 1.82) is 5.26 Å². The molecule has 0 spiro atoms. The summed E-state index contributed by atoms with van der Waals surface area (Å²) in [5, 5.41) is 18.6. The first-order chi connectivity index (χ1) is 9.76. The molecule has 0 aromatic heterocycles. The van der Waals surface area contributed by atoms with Gasteiger partial charge in [0.25, 0.3) is 0 Å². The van der Waals surface area contributed by atoms with Crippen molar-refractivity contribution in [2.75, 3.05) is 13.2 Å². The predicted molar refractivity (Wildman–Crippen MR) is 75.4 cm³/mol. The highest BCUT2D eigenvalue weighted by molar-refractivity contribution is 5.36. The third-order valence-corrected chi connectivity index (χ3v) is 4.44. The quantitative estimate of drug-likeness (QED) is 0.910. The van der Waals surface area contributed by atoms with Crippen LogP contribution in [-0.4, -0.2) is 41.3 Å². The molecule has 0 radical (unpaired) electrons. The van der Waals surface area contributed by atoms with E-state index in [2.05, 4.69) is 11.0 Å². The molecule has 0 saturated carbocycles. The van der Waals surface area contributed by atoms with Gasteiger partial charge in [0, 0.05) is 18.6 Å². The Morgan fingerprint density at radius 1 is 1.30 bits per heavy atom. The van der Waals surface area contributed by atoms with Crippen LogP contribution < -0.4 is 4.74 Å². The van der Waals surface area contributed by atoms with Gasteiger partial charge in [-0.15, -0.1) is 0 Å². The third-order valence-electron chi connectivity index (χ3n) is 4.44. The highest BCUT2D eigenvalue weighted by Gasteiger charge is 2.39. The number of fused-ring (bicyclic) bond motifs is 2. The molecule has 1 aromatic carbocycles. The lowest BCUT2D eigenvalue weighted by Gasteiger charge is -2.36. The number of piperidine rings is 1. The normalized spacial score (nSPS) is 29.1. The zero-order valence-electron chi connectivity index (χ0n) is 11.5. The number of nitriles is 1. The van der Waals surface area contributed by atoms with Gasteiger partial charge < -0.3 is 9.84 Å². The summed E-state index contributed by atoms with van der Waals surface area (Å²) < 4.78 is 5.75. The summed E-state index contributed by atoms with van der Waals surface area (Å²) in [5.41, 5.74) is 0.628. The molecule has 2 heterocycles. The fraction of sp³-hybridized carbons (Fsp3) is 0.562. The lowest BCUT2D eigenvalue weighted by molar-refractivity contribution is 0.0288. The molecule has 106 valence electrons. The number of ether oxygens (including phenoxy) is 1. The lowest BCUT2D eigenvalue weighted by atomic mass is 10.0. The second kappa shape index (κ2) is 5.82. The Balaban J connectivity index is 1.52. The summed E-state index contributed by atoms with van der Waals surface area (Å²) >= 11 is 0. The number of nitrogens with zero attached hydrogens (tertiary/aromatic N) is 2. The second-order valence-corrected chi connectivity index (χ2v) is 5.74. The first-order valence-electron chi connectivity index (χ1n) is 7.33. The molecule has 20 heavy (non-hydrogen) atoms. The molecule has 3 rings (SSSR count). The van der Waals surface area contributed by atoms with Gasteiger partial charge in [-0.2, -0.15) is 5.26 Å². The highest BCUT2D eigenvalue weighted by Crippen LogP contribution is 2.35. The van der Waals surface area contributed by atoms with Crippen LogP contribution in [0.5, 0.6) is 5.75 Å². The molecule has 2 aliphatic heterocycles. The van der Waals surface area contributed by atoms with Crippen molar-refractivity contribution in [2.45, 2.75) is 43.9 Å². The van der Waals surface area contributed by atoms with Crippen LogP contribution in [0, 0.1) is 11.3 Å². The van der Waals surface area contributed by atoms with Gasteiger partial charge in [0.1, 0.15) is 12.4 Å². The molecule has 4 heteroatoms. The Morgan fingerprint density at radius 3 is 2.75 bits per heavy atom. The molecule has 2 unspecified atom stereocenters. The van der Waals surface area contributed by atoms with Gasteiger partial charge in [0.2, 0.25) is 0 Å². The Kier molecular flexibility index (Phi) is 3.90. The topological polar surface area (TPSA) is 56.5 Å². The van der Waals surface area contributed by atoms with Crippen molar-refractivity contribution in [2.24, 2.45) is 0 Å². The molecular formula is C16H20N2O2. The lowest BCUT2D eigenvalue weighted by Crippen LogP contribution is -2.46. The van der Waals surface area contributed by atoms with Crippen LogP contribution in [0.4, 0.5) is 0 Å². The summed E-state index contributed by atoms with van der Waals surface area (Å²) in [4.78, 5) is 2.49. The smallest absolute Gasteiger partial charge is 0.120 e. The van der Waals surface area contributed by atoms with Gasteiger partial charge in [-0.3, -0.25) is 4.90 Å². The van der Waals surface area contributed by atoms with Crippen molar-refractivity contribution in [3.63, 3.8) is 0 Å². The van der Waals surface area contributed by atoms with Crippen LogP contribution in [0.3, 0.4) is 0 Å². The fourth-order valence-electron chi connectivity index (χ4n) is 3.53. The SMILES string of the molecule is N#Cc1cccc(OCCN2C3CCC2CC(O)C3)c1. The van der Waals surface area contributed by atoms with Gasteiger partial charge in [-0.1, -0.05) is 6.07 Å². The molecule has 0 aliphatic carbocycles. The molecule has 2 saturated heterocycles. The van der Waals surface area contributed by atoms with Crippen LogP contribution in [0.2, 0.25) is 0 Å². The number of aliphatic hydroxyl groups is 1. The average Bonchev–Trinajstić information content (AvgIpc) is 2.70. The number of benzene rings is 1. The minimum Gasteiger partial charge on any atom is -0.492 e. The zero-order valence-corrected chi connectivity index (χ0v) is 11.5. The van der Waals surface area contributed by atoms with E-state index in [-0.39, 0.29) is 6.10 Å². The maximum atomic E-state index is 9.78. The zero-order chi connectivity index (χ0) is 13.9. The standard InChI is InChI=1S/C16H20N2O2/c17-11-12-2-1-3-16(8-12)20-7-6-18-13-4-5-14(18)10-15(19)9-13/h1-3,8,13-15,19H,4-7,9-10H2. The summed E-state index contributed by atoms with van der Waals surface area (Å²) in [6, 6.07) is 10.4. The number of rotatable bonds is 4. The Morgan fingerprint density at radius 2 is 2.05 bits per heavy atom. The van der Waals surface area contributed by atoms with E-state index in [1.54, 1.807) is 12.1 Å². The van der Waals surface area contributed by atoms with E-state index in [0.717, 1.165) is 25.1 Å². The van der Waals surface area contributed by atoms with Gasteiger partial charge in [-0.05, 0) is 43.9 Å². The van der Waals surface area contributed by atoms with E-state index >= 15 is 0 Å². The molecule has 1 aromatic rings. The monoisotopic (exact) mass is 272 g/mol. The third kappa shape index (κ3) is 2.79. The van der Waals surface area contributed by atoms with Gasteiger partial charge in [-0.25, -0.2) is 0 Å². The number of aliphatic hydroxyl groups excluding tert-OH is 1. The van der Waals surface area contributed by atoms with E-state index in [4.69, 9.17) is 10.00 Å². The van der Waals surface area contributed by atoms with Crippen LogP contribution in [0.15, 0.2) is 24.3 Å². The maximum Gasteiger partial charge on any atom is 0.120 e. The van der Waals surface area contributed by atoms with E-state index in [9.17, 15) is 5.11 Å². The summed E-state index contributed by atoms with van der Waals surface area (Å²) in [7, 11) is 0. The van der Waals surface area contributed by atoms with Gasteiger partial charge in [0.05, 0.1) is 17.7 Å². The van der Waals surface area contributed by atoms with Crippen LogP contribution >= 0.6 is 0 Å². The highest BCUT2D eigenvalue weighted by atomic mass is 16.5. The van der Waals surface area contributed by atoms with E-state index in [1.165, 1.54) is 12.8 Å². The molecule has 2 bridgehead atoms. The number of hydrogen-bond acceptors (Lipinski definition) is 4. The van der Waals surface area contributed by atoms with E-state index in [0.29, 0.717) is 24.3 Å². The number of hydrogen-bond donors (Lipinski definition) is 1. The van der Waals surface area contributed by atoms with Crippen molar-refractivity contribution < 1.29 is 9.84 Å². The molecule has 2 aliphatic rings. The second-order valence-electron chi connectivity index (χ2n) is 5.74. The first kappa shape index (κ1) is 13.4. The van der Waals surface area contributed by atoms with Crippen molar-refractivity contribution in [3.8, 4) is 11.8 Å². The van der Waals surface area contributed by atoms with Crippen LogP contribution in [0.1, 0.15) is 31.2 Å². The van der Waals surface area contributed by atoms with Gasteiger partial charge in [0.15, 0.2) is 0 Å². The fourth-order valence-corrected chi connectivity index (χ4v) is 3.53. The molecule has 4 nitrogen and oxygen atoms in total. The van der Waals surface area contributed by atoms with Crippen LogP contribution in [-0.2, 0) is 0 Å². The largest absolute Gasteiger partial charge is 0.492 e. The maximum absolute atomic E-state index is 9.78. The predicted octanol–water partition coefficient (Wildman–Crippen LogP) is 1.92.